The molecule has 1 aromatic rings. The highest BCUT2D eigenvalue weighted by molar-refractivity contribution is 5.92. The molecule has 0 aliphatic rings. The third kappa shape index (κ3) is 3.31. The van der Waals surface area contributed by atoms with Gasteiger partial charge in [-0.2, -0.15) is 0 Å². The fourth-order valence-corrected chi connectivity index (χ4v) is 1.21. The molecule has 0 fully saturated rings. The van der Waals surface area contributed by atoms with Crippen molar-refractivity contribution in [2.24, 2.45) is 0 Å². The van der Waals surface area contributed by atoms with E-state index in [0.29, 0.717) is 23.7 Å². The molecule has 0 bridgehead atoms. The SMILES string of the molecule is CCOC(=N)c1ccc(OC)c(OC)c1.Cl. The van der Waals surface area contributed by atoms with Gasteiger partial charge in [-0.1, -0.05) is 0 Å². The molecule has 0 unspecified atom stereocenters. The molecule has 0 atom stereocenters. The molecule has 0 aromatic heterocycles. The monoisotopic (exact) mass is 245 g/mol. The van der Waals surface area contributed by atoms with Crippen LogP contribution in [-0.2, 0) is 4.74 Å². The third-order valence-corrected chi connectivity index (χ3v) is 1.93. The Morgan fingerprint density at radius 3 is 2.31 bits per heavy atom. The standard InChI is InChI=1S/C11H15NO3.ClH/c1-4-15-11(12)8-5-6-9(13-2)10(7-8)14-3;/h5-7,12H,4H2,1-3H3;1H. The minimum absolute atomic E-state index is 0. The van der Waals surface area contributed by atoms with Gasteiger partial charge in [0.25, 0.3) is 0 Å². The van der Waals surface area contributed by atoms with Crippen molar-refractivity contribution in [3.8, 4) is 11.5 Å². The molecular formula is C11H16ClNO3. The minimum atomic E-state index is 0. The average Bonchev–Trinajstić information content (AvgIpc) is 2.28. The van der Waals surface area contributed by atoms with Crippen LogP contribution in [0.15, 0.2) is 18.2 Å². The van der Waals surface area contributed by atoms with Crippen LogP contribution in [0, 0.1) is 5.41 Å². The van der Waals surface area contributed by atoms with Crippen LogP contribution in [0.4, 0.5) is 0 Å². The maximum atomic E-state index is 7.61. The van der Waals surface area contributed by atoms with Crippen LogP contribution in [0.3, 0.4) is 0 Å². The van der Waals surface area contributed by atoms with Crippen LogP contribution < -0.4 is 9.47 Å². The predicted octanol–water partition coefficient (Wildman–Crippen LogP) is 2.49. The van der Waals surface area contributed by atoms with E-state index in [-0.39, 0.29) is 18.3 Å². The number of halogens is 1. The first-order chi connectivity index (χ1) is 7.22. The second-order valence-corrected chi connectivity index (χ2v) is 2.83. The molecule has 0 radical (unpaired) electrons. The van der Waals surface area contributed by atoms with Crippen LogP contribution >= 0.6 is 12.4 Å². The largest absolute Gasteiger partial charge is 0.493 e. The lowest BCUT2D eigenvalue weighted by molar-refractivity contribution is 0.324. The van der Waals surface area contributed by atoms with E-state index in [0.717, 1.165) is 0 Å². The number of rotatable bonds is 4. The van der Waals surface area contributed by atoms with E-state index in [1.54, 1.807) is 32.4 Å². The van der Waals surface area contributed by atoms with Crippen LogP contribution in [0.25, 0.3) is 0 Å². The zero-order valence-corrected chi connectivity index (χ0v) is 10.4. The summed E-state index contributed by atoms with van der Waals surface area (Å²) >= 11 is 0. The second-order valence-electron chi connectivity index (χ2n) is 2.83. The zero-order valence-electron chi connectivity index (χ0n) is 9.57. The normalized spacial score (nSPS) is 8.94. The Labute approximate surface area is 101 Å². The van der Waals surface area contributed by atoms with Crippen LogP contribution in [0.1, 0.15) is 12.5 Å². The summed E-state index contributed by atoms with van der Waals surface area (Å²) in [5.74, 6) is 1.38. The van der Waals surface area contributed by atoms with Crippen molar-refractivity contribution in [1.29, 1.82) is 5.41 Å². The number of nitrogens with one attached hydrogen (secondary N) is 1. The summed E-state index contributed by atoms with van der Waals surface area (Å²) in [6.45, 7) is 2.32. The summed E-state index contributed by atoms with van der Waals surface area (Å²) in [6.07, 6.45) is 0. The van der Waals surface area contributed by atoms with E-state index < -0.39 is 0 Å². The first-order valence-electron chi connectivity index (χ1n) is 4.66. The molecule has 0 aliphatic heterocycles. The number of hydrogen-bond donors (Lipinski definition) is 1. The van der Waals surface area contributed by atoms with Crippen LogP contribution in [0.2, 0.25) is 0 Å². The molecule has 0 heterocycles. The van der Waals surface area contributed by atoms with E-state index in [2.05, 4.69) is 0 Å². The van der Waals surface area contributed by atoms with E-state index in [4.69, 9.17) is 19.6 Å². The van der Waals surface area contributed by atoms with Gasteiger partial charge in [-0.3, -0.25) is 5.41 Å². The highest BCUT2D eigenvalue weighted by atomic mass is 35.5. The smallest absolute Gasteiger partial charge is 0.213 e. The van der Waals surface area contributed by atoms with Gasteiger partial charge >= 0.3 is 0 Å². The molecule has 0 aliphatic carbocycles. The molecule has 0 amide bonds. The zero-order chi connectivity index (χ0) is 11.3. The number of hydrogen-bond acceptors (Lipinski definition) is 4. The summed E-state index contributed by atoms with van der Waals surface area (Å²) in [7, 11) is 3.14. The fraction of sp³-hybridized carbons (Fsp3) is 0.364. The highest BCUT2D eigenvalue weighted by Crippen LogP contribution is 2.27. The van der Waals surface area contributed by atoms with Gasteiger partial charge in [0.1, 0.15) is 0 Å². The maximum Gasteiger partial charge on any atom is 0.213 e. The molecule has 90 valence electrons. The van der Waals surface area contributed by atoms with Gasteiger partial charge in [-0.15, -0.1) is 12.4 Å². The molecule has 0 spiro atoms. The Kier molecular flexibility index (Phi) is 6.34. The van der Waals surface area contributed by atoms with Crippen molar-refractivity contribution in [2.75, 3.05) is 20.8 Å². The van der Waals surface area contributed by atoms with E-state index in [1.165, 1.54) is 0 Å². The molecular weight excluding hydrogens is 230 g/mol. The van der Waals surface area contributed by atoms with Gasteiger partial charge < -0.3 is 14.2 Å². The highest BCUT2D eigenvalue weighted by Gasteiger charge is 2.08. The summed E-state index contributed by atoms with van der Waals surface area (Å²) < 4.78 is 15.3. The summed E-state index contributed by atoms with van der Waals surface area (Å²) in [5, 5.41) is 7.61. The average molecular weight is 246 g/mol. The third-order valence-electron chi connectivity index (χ3n) is 1.93. The van der Waals surface area contributed by atoms with Gasteiger partial charge in [0.15, 0.2) is 11.5 Å². The van der Waals surface area contributed by atoms with Crippen molar-refractivity contribution in [3.05, 3.63) is 23.8 Å². The van der Waals surface area contributed by atoms with Gasteiger partial charge in [0.2, 0.25) is 5.90 Å². The van der Waals surface area contributed by atoms with Crippen molar-refractivity contribution < 1.29 is 14.2 Å². The first kappa shape index (κ1) is 14.6. The fourth-order valence-electron chi connectivity index (χ4n) is 1.21. The van der Waals surface area contributed by atoms with Crippen molar-refractivity contribution in [3.63, 3.8) is 0 Å². The summed E-state index contributed by atoms with van der Waals surface area (Å²) in [6, 6.07) is 5.23. The molecule has 16 heavy (non-hydrogen) atoms. The number of ether oxygens (including phenoxy) is 3. The first-order valence-corrected chi connectivity index (χ1v) is 4.66. The summed E-state index contributed by atoms with van der Waals surface area (Å²) in [5.41, 5.74) is 0.675. The molecule has 1 aromatic carbocycles. The van der Waals surface area contributed by atoms with Gasteiger partial charge in [-0.05, 0) is 25.1 Å². The van der Waals surface area contributed by atoms with Crippen molar-refractivity contribution >= 4 is 18.3 Å². The quantitative estimate of drug-likeness (QED) is 0.655. The Balaban J connectivity index is 0.00000225. The number of methoxy groups -OCH3 is 2. The number of benzene rings is 1. The topological polar surface area (TPSA) is 51.5 Å². The lowest BCUT2D eigenvalue weighted by atomic mass is 10.2. The van der Waals surface area contributed by atoms with Gasteiger partial charge in [0, 0.05) is 5.56 Å². The molecule has 0 saturated carbocycles. The van der Waals surface area contributed by atoms with Crippen molar-refractivity contribution in [2.45, 2.75) is 6.92 Å². The van der Waals surface area contributed by atoms with Crippen molar-refractivity contribution in [1.82, 2.24) is 0 Å². The molecule has 0 saturated heterocycles. The van der Waals surface area contributed by atoms with E-state index >= 15 is 0 Å². The Morgan fingerprint density at radius 1 is 1.19 bits per heavy atom. The van der Waals surface area contributed by atoms with Gasteiger partial charge in [0.05, 0.1) is 20.8 Å². The minimum Gasteiger partial charge on any atom is -0.493 e. The molecule has 5 heteroatoms. The lowest BCUT2D eigenvalue weighted by Gasteiger charge is -2.10. The van der Waals surface area contributed by atoms with Crippen LogP contribution in [0.5, 0.6) is 11.5 Å². The van der Waals surface area contributed by atoms with E-state index in [1.807, 2.05) is 6.92 Å². The van der Waals surface area contributed by atoms with E-state index in [9.17, 15) is 0 Å². The molecule has 1 N–H and O–H groups in total. The lowest BCUT2D eigenvalue weighted by Crippen LogP contribution is -2.05. The molecule has 4 nitrogen and oxygen atoms in total. The maximum absolute atomic E-state index is 7.61. The Bertz CT molecular complexity index is 355. The predicted molar refractivity (Wildman–Crippen MR) is 65.2 cm³/mol. The van der Waals surface area contributed by atoms with Crippen LogP contribution in [-0.4, -0.2) is 26.7 Å². The Morgan fingerprint density at radius 2 is 1.81 bits per heavy atom. The summed E-state index contributed by atoms with van der Waals surface area (Å²) in [4.78, 5) is 0. The second kappa shape index (κ2) is 6.95. The van der Waals surface area contributed by atoms with Gasteiger partial charge in [-0.25, -0.2) is 0 Å². The Hall–Kier alpha value is -1.42. The molecule has 1 rings (SSSR count).